The lowest BCUT2D eigenvalue weighted by molar-refractivity contribution is 0.0910. The Balaban J connectivity index is 1.47. The number of benzene rings is 1. The third kappa shape index (κ3) is 3.68. The highest BCUT2D eigenvalue weighted by Gasteiger charge is 2.29. The molecule has 3 rings (SSSR count). The van der Waals surface area contributed by atoms with E-state index in [4.69, 9.17) is 9.15 Å². The van der Waals surface area contributed by atoms with Gasteiger partial charge in [-0.2, -0.15) is 0 Å². The Bertz CT molecular complexity index is 583. The first kappa shape index (κ1) is 14.7. The Morgan fingerprint density at radius 2 is 2.00 bits per heavy atom. The van der Waals surface area contributed by atoms with Crippen molar-refractivity contribution in [1.29, 1.82) is 0 Å². The average Bonchev–Trinajstić information content (AvgIpc) is 3.23. The number of hydrogen-bond donors (Lipinski definition) is 2. The highest BCUT2D eigenvalue weighted by atomic mass is 16.5. The first-order valence-corrected chi connectivity index (χ1v) is 7.53. The van der Waals surface area contributed by atoms with Crippen molar-refractivity contribution in [1.82, 2.24) is 10.6 Å². The maximum absolute atomic E-state index is 11.8. The van der Waals surface area contributed by atoms with E-state index >= 15 is 0 Å². The predicted octanol–water partition coefficient (Wildman–Crippen LogP) is 2.86. The first-order valence-electron chi connectivity index (χ1n) is 7.53. The molecule has 0 saturated carbocycles. The quantitative estimate of drug-likeness (QED) is 0.892. The molecule has 2 atom stereocenters. The number of furan rings is 1. The van der Waals surface area contributed by atoms with Crippen LogP contribution in [-0.2, 0) is 11.3 Å². The predicted molar refractivity (Wildman–Crippen MR) is 82.2 cm³/mol. The van der Waals surface area contributed by atoms with Crippen LogP contribution in [0, 0.1) is 5.92 Å². The van der Waals surface area contributed by atoms with Gasteiger partial charge in [-0.15, -0.1) is 0 Å². The van der Waals surface area contributed by atoms with Crippen molar-refractivity contribution < 1.29 is 13.9 Å². The van der Waals surface area contributed by atoms with Crippen molar-refractivity contribution in [3.8, 4) is 0 Å². The van der Waals surface area contributed by atoms with Gasteiger partial charge in [-0.05, 0) is 24.1 Å². The number of nitrogens with one attached hydrogen (secondary N) is 2. The molecule has 2 amide bonds. The molecule has 116 valence electrons. The molecule has 2 aromatic rings. The van der Waals surface area contributed by atoms with Crippen LogP contribution in [0.15, 0.2) is 53.1 Å². The van der Waals surface area contributed by atoms with Gasteiger partial charge in [-0.3, -0.25) is 0 Å². The zero-order valence-corrected chi connectivity index (χ0v) is 12.3. The summed E-state index contributed by atoms with van der Waals surface area (Å²) in [6.45, 7) is 1.73. The van der Waals surface area contributed by atoms with Gasteiger partial charge in [-0.1, -0.05) is 30.3 Å². The summed E-state index contributed by atoms with van der Waals surface area (Å²) in [5.41, 5.74) is 1.17. The van der Waals surface area contributed by atoms with Crippen LogP contribution in [0.3, 0.4) is 0 Å². The summed E-state index contributed by atoms with van der Waals surface area (Å²) in [5.74, 6) is 1.04. The molecular formula is C17H20N2O3. The normalized spacial score (nSPS) is 20.7. The lowest BCUT2D eigenvalue weighted by Crippen LogP contribution is -2.38. The van der Waals surface area contributed by atoms with Gasteiger partial charge in [0, 0.05) is 19.1 Å². The average molecular weight is 300 g/mol. The Labute approximate surface area is 129 Å². The second-order valence-corrected chi connectivity index (χ2v) is 5.39. The third-order valence-corrected chi connectivity index (χ3v) is 3.87. The van der Waals surface area contributed by atoms with Gasteiger partial charge < -0.3 is 19.8 Å². The Hall–Kier alpha value is -2.27. The van der Waals surface area contributed by atoms with E-state index in [0.717, 1.165) is 18.8 Å². The van der Waals surface area contributed by atoms with Crippen molar-refractivity contribution in [3.05, 3.63) is 60.1 Å². The second-order valence-electron chi connectivity index (χ2n) is 5.39. The fraction of sp³-hybridized carbons (Fsp3) is 0.353. The molecule has 2 N–H and O–H groups in total. The number of carbonyl (C=O) groups is 1. The molecule has 1 aliphatic rings. The zero-order chi connectivity index (χ0) is 15.2. The molecule has 1 fully saturated rings. The van der Waals surface area contributed by atoms with Crippen molar-refractivity contribution in [2.45, 2.75) is 19.1 Å². The zero-order valence-electron chi connectivity index (χ0n) is 12.3. The van der Waals surface area contributed by atoms with Crippen LogP contribution in [0.4, 0.5) is 4.79 Å². The Morgan fingerprint density at radius 1 is 1.14 bits per heavy atom. The minimum absolute atomic E-state index is 0.0616. The van der Waals surface area contributed by atoms with Crippen molar-refractivity contribution in [2.75, 3.05) is 13.2 Å². The monoisotopic (exact) mass is 300 g/mol. The molecule has 1 aliphatic heterocycles. The SMILES string of the molecule is O=C(NCc1ccco1)NC[C@@H]1CCO[C@H]1c1ccccc1. The molecule has 5 nitrogen and oxygen atoms in total. The van der Waals surface area contributed by atoms with Gasteiger partial charge in [0.2, 0.25) is 0 Å². The summed E-state index contributed by atoms with van der Waals surface area (Å²) >= 11 is 0. The first-order chi connectivity index (χ1) is 10.8. The third-order valence-electron chi connectivity index (χ3n) is 3.87. The second kappa shape index (κ2) is 7.13. The van der Waals surface area contributed by atoms with Gasteiger partial charge in [0.05, 0.1) is 18.9 Å². The molecule has 5 heteroatoms. The van der Waals surface area contributed by atoms with Gasteiger partial charge >= 0.3 is 6.03 Å². The van der Waals surface area contributed by atoms with Crippen LogP contribution in [0.5, 0.6) is 0 Å². The Morgan fingerprint density at radius 3 is 2.77 bits per heavy atom. The van der Waals surface area contributed by atoms with Crippen molar-refractivity contribution in [3.63, 3.8) is 0 Å². The smallest absolute Gasteiger partial charge is 0.315 e. The highest BCUT2D eigenvalue weighted by Crippen LogP contribution is 2.33. The van der Waals surface area contributed by atoms with E-state index < -0.39 is 0 Å². The number of hydrogen-bond acceptors (Lipinski definition) is 3. The fourth-order valence-electron chi connectivity index (χ4n) is 2.72. The summed E-state index contributed by atoms with van der Waals surface area (Å²) in [7, 11) is 0. The van der Waals surface area contributed by atoms with Gasteiger partial charge in [0.25, 0.3) is 0 Å². The highest BCUT2D eigenvalue weighted by molar-refractivity contribution is 5.73. The van der Waals surface area contributed by atoms with Crippen molar-refractivity contribution in [2.24, 2.45) is 5.92 Å². The van der Waals surface area contributed by atoms with Crippen molar-refractivity contribution >= 4 is 6.03 Å². The summed E-state index contributed by atoms with van der Waals surface area (Å²) in [6.07, 6.45) is 2.61. The van der Waals surface area contributed by atoms with E-state index in [-0.39, 0.29) is 12.1 Å². The minimum atomic E-state index is -0.185. The van der Waals surface area contributed by atoms with Crippen LogP contribution >= 0.6 is 0 Å². The van der Waals surface area contributed by atoms with Crippen LogP contribution < -0.4 is 10.6 Å². The van der Waals surface area contributed by atoms with Gasteiger partial charge in [-0.25, -0.2) is 4.79 Å². The topological polar surface area (TPSA) is 63.5 Å². The van der Waals surface area contributed by atoms with Gasteiger partial charge in [0.15, 0.2) is 0 Å². The lowest BCUT2D eigenvalue weighted by atomic mass is 9.95. The van der Waals surface area contributed by atoms with E-state index in [1.165, 1.54) is 5.56 Å². The molecular weight excluding hydrogens is 280 g/mol. The van der Waals surface area contributed by atoms with E-state index in [1.54, 1.807) is 12.3 Å². The number of carbonyl (C=O) groups excluding carboxylic acids is 1. The molecule has 0 radical (unpaired) electrons. The summed E-state index contributed by atoms with van der Waals surface area (Å²) < 4.78 is 11.0. The maximum Gasteiger partial charge on any atom is 0.315 e. The maximum atomic E-state index is 11.8. The number of urea groups is 1. The van der Waals surface area contributed by atoms with Crippen LogP contribution in [0.1, 0.15) is 23.8 Å². The van der Waals surface area contributed by atoms with Gasteiger partial charge in [0.1, 0.15) is 5.76 Å². The number of rotatable bonds is 5. The molecule has 0 unspecified atom stereocenters. The molecule has 1 saturated heterocycles. The lowest BCUT2D eigenvalue weighted by Gasteiger charge is -2.19. The minimum Gasteiger partial charge on any atom is -0.467 e. The molecule has 2 heterocycles. The van der Waals surface area contributed by atoms with E-state index in [9.17, 15) is 4.79 Å². The standard InChI is InChI=1S/C17H20N2O3/c20-17(19-12-15-7-4-9-21-15)18-11-14-8-10-22-16(14)13-5-2-1-3-6-13/h1-7,9,14,16H,8,10-12H2,(H2,18,19,20)/t14-,16-/m0/s1. The summed E-state index contributed by atoms with van der Waals surface area (Å²) in [4.78, 5) is 11.8. The van der Waals surface area contributed by atoms with Crippen LogP contribution in [0.25, 0.3) is 0 Å². The molecule has 1 aromatic heterocycles. The molecule has 22 heavy (non-hydrogen) atoms. The fourth-order valence-corrected chi connectivity index (χ4v) is 2.72. The Kier molecular flexibility index (Phi) is 4.75. The number of amides is 2. The van der Waals surface area contributed by atoms with E-state index in [1.807, 2.05) is 24.3 Å². The van der Waals surface area contributed by atoms with Crippen LogP contribution in [-0.4, -0.2) is 19.2 Å². The molecule has 0 aliphatic carbocycles. The van der Waals surface area contributed by atoms with Crippen LogP contribution in [0.2, 0.25) is 0 Å². The molecule has 0 spiro atoms. The molecule has 0 bridgehead atoms. The van der Waals surface area contributed by atoms with E-state index in [0.29, 0.717) is 19.0 Å². The largest absolute Gasteiger partial charge is 0.467 e. The summed E-state index contributed by atoms with van der Waals surface area (Å²) in [6, 6.07) is 13.6. The van der Waals surface area contributed by atoms with E-state index in [2.05, 4.69) is 22.8 Å². The molecule has 1 aromatic carbocycles. The summed E-state index contributed by atoms with van der Waals surface area (Å²) in [5, 5.41) is 5.69. The number of ether oxygens (including phenoxy) is 1.